The van der Waals surface area contributed by atoms with Crippen LogP contribution in [0.4, 0.5) is 5.69 Å². The molecule has 40 heavy (non-hydrogen) atoms. The minimum atomic E-state index is -4.28. The summed E-state index contributed by atoms with van der Waals surface area (Å²) in [6.07, 6.45) is 0. The van der Waals surface area contributed by atoms with E-state index in [1.165, 1.54) is 44.4 Å². The summed E-state index contributed by atoms with van der Waals surface area (Å²) in [6, 6.07) is 15.6. The summed E-state index contributed by atoms with van der Waals surface area (Å²) in [6.45, 7) is 4.71. The molecule has 9 nitrogen and oxygen atoms in total. The third-order valence-electron chi connectivity index (χ3n) is 6.43. The minimum Gasteiger partial charge on any atom is -0.493 e. The standard InChI is InChI=1S/C29H34ClN3O6S/c1-19-13-20(2)15-23(14-19)33(40(36,37)24-11-12-26(38-5)27(16-24)39-6)18-28(34)32(21(3)29(35)31-4)17-22-9-7-8-10-25(22)30/h7-16,21H,17-18H2,1-6H3,(H,31,35). The molecule has 11 heteroatoms. The van der Waals surface area contributed by atoms with E-state index in [-0.39, 0.29) is 17.2 Å². The van der Waals surface area contributed by atoms with Gasteiger partial charge in [-0.3, -0.25) is 13.9 Å². The number of carbonyl (C=O) groups is 2. The highest BCUT2D eigenvalue weighted by atomic mass is 35.5. The number of carbonyl (C=O) groups excluding carboxylic acids is 2. The van der Waals surface area contributed by atoms with Crippen molar-refractivity contribution in [2.75, 3.05) is 32.1 Å². The molecule has 0 saturated heterocycles. The van der Waals surface area contributed by atoms with Crippen LogP contribution < -0.4 is 19.1 Å². The van der Waals surface area contributed by atoms with E-state index in [4.69, 9.17) is 21.1 Å². The smallest absolute Gasteiger partial charge is 0.264 e. The number of aryl methyl sites for hydroxylation is 2. The number of nitrogens with zero attached hydrogens (tertiary/aromatic N) is 2. The minimum absolute atomic E-state index is 0.00415. The molecule has 0 radical (unpaired) electrons. The van der Waals surface area contributed by atoms with Crippen molar-refractivity contribution in [3.8, 4) is 11.5 Å². The fourth-order valence-electron chi connectivity index (χ4n) is 4.33. The molecule has 3 aromatic carbocycles. The zero-order chi connectivity index (χ0) is 29.6. The van der Waals surface area contributed by atoms with Crippen LogP contribution in [0.2, 0.25) is 5.02 Å². The lowest BCUT2D eigenvalue weighted by Crippen LogP contribution is -2.50. The van der Waals surface area contributed by atoms with E-state index in [2.05, 4.69) is 5.32 Å². The lowest BCUT2D eigenvalue weighted by Gasteiger charge is -2.32. The molecule has 0 aliphatic heterocycles. The number of anilines is 1. The van der Waals surface area contributed by atoms with Crippen LogP contribution >= 0.6 is 11.6 Å². The maximum Gasteiger partial charge on any atom is 0.264 e. The SMILES string of the molecule is CNC(=O)C(C)N(Cc1ccccc1Cl)C(=O)CN(c1cc(C)cc(C)c1)S(=O)(=O)c1ccc(OC)c(OC)c1. The molecule has 1 atom stereocenters. The topological polar surface area (TPSA) is 105 Å². The second kappa shape index (κ2) is 13.1. The number of halogens is 1. The highest BCUT2D eigenvalue weighted by molar-refractivity contribution is 7.92. The summed E-state index contributed by atoms with van der Waals surface area (Å²) in [5.41, 5.74) is 2.57. The Morgan fingerprint density at radius 2 is 1.57 bits per heavy atom. The van der Waals surface area contributed by atoms with E-state index >= 15 is 0 Å². The molecule has 214 valence electrons. The normalized spacial score (nSPS) is 11.9. The molecule has 0 bridgehead atoms. The Hall–Kier alpha value is -3.76. The van der Waals surface area contributed by atoms with Crippen LogP contribution in [-0.4, -0.2) is 59.0 Å². The number of amides is 2. The second-order valence-corrected chi connectivity index (χ2v) is 11.5. The molecule has 0 aliphatic carbocycles. The zero-order valence-electron chi connectivity index (χ0n) is 23.4. The lowest BCUT2D eigenvalue weighted by atomic mass is 10.1. The first-order chi connectivity index (χ1) is 18.9. The van der Waals surface area contributed by atoms with Gasteiger partial charge in [0.15, 0.2) is 11.5 Å². The van der Waals surface area contributed by atoms with Gasteiger partial charge in [0.2, 0.25) is 11.8 Å². The van der Waals surface area contributed by atoms with Crippen LogP contribution in [0.1, 0.15) is 23.6 Å². The van der Waals surface area contributed by atoms with Gasteiger partial charge in [0.05, 0.1) is 24.8 Å². The fourth-order valence-corrected chi connectivity index (χ4v) is 5.94. The van der Waals surface area contributed by atoms with E-state index in [0.29, 0.717) is 22.0 Å². The van der Waals surface area contributed by atoms with Crippen molar-refractivity contribution in [2.45, 2.75) is 38.3 Å². The van der Waals surface area contributed by atoms with Gasteiger partial charge in [-0.25, -0.2) is 8.42 Å². The van der Waals surface area contributed by atoms with Gasteiger partial charge in [0, 0.05) is 24.7 Å². The van der Waals surface area contributed by atoms with Crippen molar-refractivity contribution in [3.63, 3.8) is 0 Å². The molecule has 0 saturated carbocycles. The molecule has 0 spiro atoms. The number of methoxy groups -OCH3 is 2. The predicted octanol–water partition coefficient (Wildman–Crippen LogP) is 4.33. The van der Waals surface area contributed by atoms with Crippen LogP contribution in [0.25, 0.3) is 0 Å². The van der Waals surface area contributed by atoms with Crippen LogP contribution in [0.15, 0.2) is 65.6 Å². The summed E-state index contributed by atoms with van der Waals surface area (Å²) >= 11 is 6.37. The average molecular weight is 588 g/mol. The Labute approximate surface area is 240 Å². The van der Waals surface area contributed by atoms with Crippen molar-refractivity contribution >= 4 is 39.1 Å². The maximum atomic E-state index is 14.1. The maximum absolute atomic E-state index is 14.1. The number of nitrogens with one attached hydrogen (secondary N) is 1. The van der Waals surface area contributed by atoms with Gasteiger partial charge in [-0.15, -0.1) is 0 Å². The Bertz CT molecular complexity index is 1470. The van der Waals surface area contributed by atoms with Gasteiger partial charge in [-0.2, -0.15) is 0 Å². The number of likely N-dealkylation sites (N-methyl/N-ethyl adjacent to an activating group) is 1. The highest BCUT2D eigenvalue weighted by Crippen LogP contribution is 2.33. The summed E-state index contributed by atoms with van der Waals surface area (Å²) < 4.78 is 39.9. The van der Waals surface area contributed by atoms with Gasteiger partial charge in [0.25, 0.3) is 10.0 Å². The van der Waals surface area contributed by atoms with Crippen molar-refractivity contribution in [3.05, 3.63) is 82.4 Å². The Balaban J connectivity index is 2.12. The highest BCUT2D eigenvalue weighted by Gasteiger charge is 2.33. The number of ether oxygens (including phenoxy) is 2. The second-order valence-electron chi connectivity index (χ2n) is 9.28. The van der Waals surface area contributed by atoms with E-state index in [1.54, 1.807) is 43.3 Å². The van der Waals surface area contributed by atoms with E-state index in [9.17, 15) is 18.0 Å². The third-order valence-corrected chi connectivity index (χ3v) is 8.57. The van der Waals surface area contributed by atoms with Gasteiger partial charge < -0.3 is 19.7 Å². The Kier molecular flexibility index (Phi) is 10.1. The molecule has 2 amide bonds. The third kappa shape index (κ3) is 6.86. The molecule has 0 fully saturated rings. The molecule has 1 unspecified atom stereocenters. The first-order valence-corrected chi connectivity index (χ1v) is 14.3. The molecule has 3 rings (SSSR count). The average Bonchev–Trinajstić information content (AvgIpc) is 2.93. The largest absolute Gasteiger partial charge is 0.493 e. The Morgan fingerprint density at radius 3 is 2.15 bits per heavy atom. The molecule has 0 heterocycles. The quantitative estimate of drug-likeness (QED) is 0.358. The number of benzene rings is 3. The number of hydrogen-bond acceptors (Lipinski definition) is 6. The fraction of sp³-hybridized carbons (Fsp3) is 0.310. The van der Waals surface area contributed by atoms with Gasteiger partial charge in [-0.05, 0) is 67.8 Å². The summed E-state index contributed by atoms with van der Waals surface area (Å²) in [5, 5.41) is 2.98. The number of rotatable bonds is 11. The molecule has 0 aromatic heterocycles. The number of sulfonamides is 1. The summed E-state index contributed by atoms with van der Waals surface area (Å²) in [7, 11) is 0.0509. The van der Waals surface area contributed by atoms with Crippen molar-refractivity contribution < 1.29 is 27.5 Å². The zero-order valence-corrected chi connectivity index (χ0v) is 25.0. The van der Waals surface area contributed by atoms with Gasteiger partial charge in [-0.1, -0.05) is 35.9 Å². The van der Waals surface area contributed by atoms with Crippen LogP contribution in [0.3, 0.4) is 0 Å². The molecule has 3 aromatic rings. The van der Waals surface area contributed by atoms with Crippen LogP contribution in [0.5, 0.6) is 11.5 Å². The van der Waals surface area contributed by atoms with Gasteiger partial charge in [0.1, 0.15) is 12.6 Å². The summed E-state index contributed by atoms with van der Waals surface area (Å²) in [5.74, 6) is -0.398. The first kappa shape index (κ1) is 30.8. The summed E-state index contributed by atoms with van der Waals surface area (Å²) in [4.78, 5) is 27.8. The monoisotopic (exact) mass is 587 g/mol. The van der Waals surface area contributed by atoms with Crippen molar-refractivity contribution in [2.24, 2.45) is 0 Å². The number of hydrogen-bond donors (Lipinski definition) is 1. The first-order valence-electron chi connectivity index (χ1n) is 12.5. The predicted molar refractivity (Wildman–Crippen MR) is 156 cm³/mol. The van der Waals surface area contributed by atoms with Crippen LogP contribution in [0, 0.1) is 13.8 Å². The van der Waals surface area contributed by atoms with Crippen molar-refractivity contribution in [1.82, 2.24) is 10.2 Å². The lowest BCUT2D eigenvalue weighted by molar-refractivity contribution is -0.139. The van der Waals surface area contributed by atoms with E-state index in [0.717, 1.165) is 15.4 Å². The van der Waals surface area contributed by atoms with Crippen molar-refractivity contribution in [1.29, 1.82) is 0 Å². The molecular formula is C29H34ClN3O6S. The van der Waals surface area contributed by atoms with E-state index < -0.39 is 34.4 Å². The molecule has 0 aliphatic rings. The van der Waals surface area contributed by atoms with Gasteiger partial charge >= 0.3 is 0 Å². The van der Waals surface area contributed by atoms with E-state index in [1.807, 2.05) is 19.9 Å². The van der Waals surface area contributed by atoms with Crippen LogP contribution in [-0.2, 0) is 26.2 Å². The molecular weight excluding hydrogens is 554 g/mol. The molecule has 1 N–H and O–H groups in total. The Morgan fingerprint density at radius 1 is 0.950 bits per heavy atom.